The summed E-state index contributed by atoms with van der Waals surface area (Å²) in [6, 6.07) is 16.1. The zero-order chi connectivity index (χ0) is 18.7. The number of carbonyl (C=O) groups is 1. The molecule has 2 aromatic carbocycles. The molecule has 0 radical (unpaired) electrons. The Balaban J connectivity index is 1.59. The van der Waals surface area contributed by atoms with Crippen LogP contribution in [0.5, 0.6) is 0 Å². The van der Waals surface area contributed by atoms with Gasteiger partial charge in [0.15, 0.2) is 0 Å². The summed E-state index contributed by atoms with van der Waals surface area (Å²) in [6.45, 7) is 6.31. The van der Waals surface area contributed by atoms with E-state index in [2.05, 4.69) is 64.5 Å². The molecule has 1 N–H and O–H groups in total. The van der Waals surface area contributed by atoms with Gasteiger partial charge in [-0.25, -0.2) is 0 Å². The van der Waals surface area contributed by atoms with Crippen LogP contribution >= 0.6 is 15.9 Å². The largest absolute Gasteiger partial charge is 0.382 e. The highest BCUT2D eigenvalue weighted by molar-refractivity contribution is 9.10. The average Bonchev–Trinajstić information content (AvgIpc) is 3.12. The number of carbonyl (C=O) groups excluding carboxylic acids is 1. The predicted molar refractivity (Wildman–Crippen MR) is 107 cm³/mol. The lowest BCUT2D eigenvalue weighted by Crippen LogP contribution is -2.36. The monoisotopic (exact) mass is 414 g/mol. The summed E-state index contributed by atoms with van der Waals surface area (Å²) in [5, 5.41) is 7.12. The van der Waals surface area contributed by atoms with Crippen LogP contribution in [0, 0.1) is 0 Å². The first-order valence-corrected chi connectivity index (χ1v) is 9.62. The molecule has 26 heavy (non-hydrogen) atoms. The van der Waals surface area contributed by atoms with Crippen LogP contribution in [-0.4, -0.2) is 17.7 Å². The maximum absolute atomic E-state index is 12.5. The molecule has 1 aliphatic heterocycles. The molecule has 1 aliphatic rings. The first kappa shape index (κ1) is 18.6. The predicted octanol–water partition coefficient (Wildman–Crippen LogP) is 4.94. The van der Waals surface area contributed by atoms with Gasteiger partial charge in [-0.3, -0.25) is 4.79 Å². The van der Waals surface area contributed by atoms with Crippen LogP contribution in [0.4, 0.5) is 0 Å². The van der Waals surface area contributed by atoms with Crippen molar-refractivity contribution in [3.8, 4) is 0 Å². The molecule has 0 saturated heterocycles. The third-order valence-electron chi connectivity index (χ3n) is 4.58. The Bertz CT molecular complexity index is 815. The second-order valence-electron chi connectivity index (χ2n) is 6.90. The quantitative estimate of drug-likeness (QED) is 0.752. The van der Waals surface area contributed by atoms with Crippen molar-refractivity contribution in [1.29, 1.82) is 0 Å². The van der Waals surface area contributed by atoms with Gasteiger partial charge in [0, 0.05) is 16.5 Å². The maximum atomic E-state index is 12.5. The SMILES string of the molecule is CC(C)c1ccc(C(C)NC(=O)C2CC(c3cccc(Br)c3)=NO2)cc1. The number of benzene rings is 2. The first-order valence-electron chi connectivity index (χ1n) is 8.83. The normalized spacial score (nSPS) is 17.6. The van der Waals surface area contributed by atoms with E-state index in [9.17, 15) is 4.79 Å². The van der Waals surface area contributed by atoms with Crippen molar-refractivity contribution in [3.63, 3.8) is 0 Å². The molecule has 0 saturated carbocycles. The van der Waals surface area contributed by atoms with Crippen molar-refractivity contribution in [1.82, 2.24) is 5.32 Å². The Labute approximate surface area is 162 Å². The van der Waals surface area contributed by atoms with Crippen LogP contribution in [-0.2, 0) is 9.63 Å². The molecule has 2 unspecified atom stereocenters. The second-order valence-corrected chi connectivity index (χ2v) is 7.81. The van der Waals surface area contributed by atoms with E-state index < -0.39 is 6.10 Å². The Kier molecular flexibility index (Phi) is 5.77. The highest BCUT2D eigenvalue weighted by Gasteiger charge is 2.29. The number of halogens is 1. The molecule has 5 heteroatoms. The van der Waals surface area contributed by atoms with E-state index in [-0.39, 0.29) is 11.9 Å². The molecule has 2 atom stereocenters. The van der Waals surface area contributed by atoms with E-state index >= 15 is 0 Å². The van der Waals surface area contributed by atoms with E-state index in [0.717, 1.165) is 21.3 Å². The van der Waals surface area contributed by atoms with Gasteiger partial charge < -0.3 is 10.2 Å². The molecule has 0 bridgehead atoms. The molecule has 1 heterocycles. The third kappa shape index (κ3) is 4.33. The fourth-order valence-electron chi connectivity index (χ4n) is 2.92. The molecule has 0 fully saturated rings. The topological polar surface area (TPSA) is 50.7 Å². The Hall–Kier alpha value is -2.14. The van der Waals surface area contributed by atoms with Crippen molar-refractivity contribution in [2.45, 2.75) is 45.3 Å². The van der Waals surface area contributed by atoms with Crippen molar-refractivity contribution < 1.29 is 9.63 Å². The van der Waals surface area contributed by atoms with E-state index in [4.69, 9.17) is 4.84 Å². The van der Waals surface area contributed by atoms with E-state index in [1.165, 1.54) is 5.56 Å². The number of nitrogens with one attached hydrogen (secondary N) is 1. The molecule has 0 aliphatic carbocycles. The molecule has 136 valence electrons. The minimum absolute atomic E-state index is 0.0813. The molecule has 1 amide bonds. The van der Waals surface area contributed by atoms with Gasteiger partial charge in [-0.05, 0) is 36.1 Å². The van der Waals surface area contributed by atoms with Crippen molar-refractivity contribution in [2.75, 3.05) is 0 Å². The summed E-state index contributed by atoms with van der Waals surface area (Å²) in [7, 11) is 0. The van der Waals surface area contributed by atoms with Gasteiger partial charge in [0.1, 0.15) is 0 Å². The fourth-order valence-corrected chi connectivity index (χ4v) is 3.31. The molecule has 4 nitrogen and oxygen atoms in total. The molecule has 0 spiro atoms. The molecular weight excluding hydrogens is 392 g/mol. The minimum Gasteiger partial charge on any atom is -0.382 e. The Morgan fingerprint density at radius 2 is 1.85 bits per heavy atom. The molecule has 3 rings (SSSR count). The second kappa shape index (κ2) is 8.04. The smallest absolute Gasteiger partial charge is 0.264 e. The van der Waals surface area contributed by atoms with Gasteiger partial charge in [0.2, 0.25) is 6.10 Å². The first-order chi connectivity index (χ1) is 12.4. The zero-order valence-corrected chi connectivity index (χ0v) is 16.8. The van der Waals surface area contributed by atoms with Gasteiger partial charge in [-0.15, -0.1) is 0 Å². The van der Waals surface area contributed by atoms with Gasteiger partial charge in [0.25, 0.3) is 5.91 Å². The zero-order valence-electron chi connectivity index (χ0n) is 15.2. The van der Waals surface area contributed by atoms with Crippen molar-refractivity contribution in [3.05, 3.63) is 69.7 Å². The van der Waals surface area contributed by atoms with Crippen molar-refractivity contribution >= 4 is 27.5 Å². The van der Waals surface area contributed by atoms with Gasteiger partial charge >= 0.3 is 0 Å². The average molecular weight is 415 g/mol. The van der Waals surface area contributed by atoms with Gasteiger partial charge in [-0.2, -0.15) is 0 Å². The minimum atomic E-state index is -0.582. The summed E-state index contributed by atoms with van der Waals surface area (Å²) >= 11 is 3.45. The maximum Gasteiger partial charge on any atom is 0.264 e. The number of oxime groups is 1. The lowest BCUT2D eigenvalue weighted by Gasteiger charge is -2.17. The number of hydrogen-bond acceptors (Lipinski definition) is 3. The van der Waals surface area contributed by atoms with Gasteiger partial charge in [-0.1, -0.05) is 71.3 Å². The van der Waals surface area contributed by atoms with Crippen LogP contribution in [0.3, 0.4) is 0 Å². The summed E-state index contributed by atoms with van der Waals surface area (Å²) < 4.78 is 0.976. The summed E-state index contributed by atoms with van der Waals surface area (Å²) in [5.41, 5.74) is 4.12. The summed E-state index contributed by atoms with van der Waals surface area (Å²) in [6.07, 6.45) is -0.109. The number of hydrogen-bond donors (Lipinski definition) is 1. The third-order valence-corrected chi connectivity index (χ3v) is 5.07. The number of amides is 1. The highest BCUT2D eigenvalue weighted by Crippen LogP contribution is 2.22. The summed E-state index contributed by atoms with van der Waals surface area (Å²) in [5.74, 6) is 0.355. The molecule has 0 aromatic heterocycles. The van der Waals surface area contributed by atoms with Crippen LogP contribution < -0.4 is 5.32 Å². The molecule has 2 aromatic rings. The van der Waals surface area contributed by atoms with Crippen LogP contribution in [0.1, 0.15) is 55.8 Å². The van der Waals surface area contributed by atoms with E-state index in [1.54, 1.807) is 0 Å². The molecular formula is C21H23BrN2O2. The fraction of sp³-hybridized carbons (Fsp3) is 0.333. The lowest BCUT2D eigenvalue weighted by atomic mass is 9.99. The van der Waals surface area contributed by atoms with Crippen LogP contribution in [0.2, 0.25) is 0 Å². The van der Waals surface area contributed by atoms with E-state index in [0.29, 0.717) is 12.3 Å². The number of rotatable bonds is 5. The number of nitrogens with zero attached hydrogens (tertiary/aromatic N) is 1. The van der Waals surface area contributed by atoms with Gasteiger partial charge in [0.05, 0.1) is 11.8 Å². The standard InChI is InChI=1S/C21H23BrN2O2/c1-13(2)15-7-9-16(10-8-15)14(3)23-21(25)20-12-19(24-26-20)17-5-4-6-18(22)11-17/h4-11,13-14,20H,12H2,1-3H3,(H,23,25). The lowest BCUT2D eigenvalue weighted by molar-refractivity contribution is -0.131. The van der Waals surface area contributed by atoms with E-state index in [1.807, 2.05) is 31.2 Å². The highest BCUT2D eigenvalue weighted by atomic mass is 79.9. The van der Waals surface area contributed by atoms with Crippen LogP contribution in [0.15, 0.2) is 58.2 Å². The van der Waals surface area contributed by atoms with Crippen LogP contribution in [0.25, 0.3) is 0 Å². The van der Waals surface area contributed by atoms with Crippen molar-refractivity contribution in [2.24, 2.45) is 5.16 Å². The summed E-state index contributed by atoms with van der Waals surface area (Å²) in [4.78, 5) is 17.9. The Morgan fingerprint density at radius 3 is 2.50 bits per heavy atom. The Morgan fingerprint density at radius 1 is 1.15 bits per heavy atom.